The van der Waals surface area contributed by atoms with Gasteiger partial charge in [-0.1, -0.05) is 5.16 Å². The van der Waals surface area contributed by atoms with Gasteiger partial charge in [-0.2, -0.15) is 0 Å². The van der Waals surface area contributed by atoms with Crippen LogP contribution in [0.3, 0.4) is 0 Å². The summed E-state index contributed by atoms with van der Waals surface area (Å²) >= 11 is 1.54. The summed E-state index contributed by atoms with van der Waals surface area (Å²) in [5, 5.41) is 10.5. The molecule has 25 heavy (non-hydrogen) atoms. The maximum Gasteiger partial charge on any atom is 0.206 e. The number of nitrogens with zero attached hydrogens (tertiary/aromatic N) is 3. The fourth-order valence-electron chi connectivity index (χ4n) is 3.12. The fourth-order valence-corrected chi connectivity index (χ4v) is 3.67. The van der Waals surface area contributed by atoms with Crippen LogP contribution < -0.4 is 10.2 Å². The summed E-state index contributed by atoms with van der Waals surface area (Å²) in [6.45, 7) is 5.71. The van der Waals surface area contributed by atoms with Gasteiger partial charge in [0.2, 0.25) is 5.58 Å². The maximum atomic E-state index is 14.9. The zero-order valence-corrected chi connectivity index (χ0v) is 14.8. The minimum Gasteiger partial charge on any atom is -0.372 e. The number of anilines is 2. The highest BCUT2D eigenvalue weighted by Crippen LogP contribution is 2.32. The van der Waals surface area contributed by atoms with Gasteiger partial charge in [0.05, 0.1) is 29.8 Å². The number of halogens is 1. The lowest BCUT2D eigenvalue weighted by Gasteiger charge is -2.36. The van der Waals surface area contributed by atoms with Gasteiger partial charge in [-0.15, -0.1) is 11.3 Å². The van der Waals surface area contributed by atoms with Crippen LogP contribution in [0.1, 0.15) is 18.9 Å². The van der Waals surface area contributed by atoms with Crippen LogP contribution in [0, 0.1) is 11.9 Å². The van der Waals surface area contributed by atoms with E-state index in [1.165, 1.54) is 0 Å². The Labute approximate surface area is 148 Å². The van der Waals surface area contributed by atoms with Crippen LogP contribution in [0.2, 0.25) is 0 Å². The number of fused-ring (bicyclic) bond motifs is 1. The van der Waals surface area contributed by atoms with Gasteiger partial charge in [-0.05, 0) is 19.9 Å². The van der Waals surface area contributed by atoms with Crippen molar-refractivity contribution in [3.8, 4) is 0 Å². The monoisotopic (exact) mass is 361 g/mol. The van der Waals surface area contributed by atoms with Crippen LogP contribution >= 0.6 is 11.3 Å². The number of ether oxygens (including phenoxy) is 1. The average molecular weight is 361 g/mol. The summed E-state index contributed by atoms with van der Waals surface area (Å²) < 4.78 is 25.9. The van der Waals surface area contributed by atoms with E-state index in [0.29, 0.717) is 36.5 Å². The summed E-state index contributed by atoms with van der Waals surface area (Å²) in [6, 6.07) is 4.77. The van der Waals surface area contributed by atoms with Crippen LogP contribution in [0.15, 0.2) is 22.2 Å². The van der Waals surface area contributed by atoms with Gasteiger partial charge in [-0.3, -0.25) is 0 Å². The molecule has 3 heterocycles. The number of hydrogen-bond donors (Lipinski definition) is 1. The van der Waals surface area contributed by atoms with E-state index in [1.54, 1.807) is 23.6 Å². The second kappa shape index (κ2) is 6.61. The third kappa shape index (κ3) is 3.19. The number of rotatable bonds is 4. The lowest BCUT2D eigenvalue weighted by molar-refractivity contribution is -0.00540. The Balaban J connectivity index is 1.60. The van der Waals surface area contributed by atoms with Gasteiger partial charge in [0.25, 0.3) is 0 Å². The molecule has 1 aliphatic rings. The molecular weight excluding hydrogens is 343 g/mol. The fraction of sp³-hybridized carbons (Fsp3) is 0.412. The molecule has 2 aromatic heterocycles. The Kier molecular flexibility index (Phi) is 4.30. The first-order valence-electron chi connectivity index (χ1n) is 8.14. The molecular formula is C17H18FN4O2S. The van der Waals surface area contributed by atoms with E-state index in [9.17, 15) is 4.39 Å². The van der Waals surface area contributed by atoms with E-state index in [4.69, 9.17) is 9.26 Å². The molecule has 131 valence electrons. The highest BCUT2D eigenvalue weighted by Gasteiger charge is 2.26. The van der Waals surface area contributed by atoms with Gasteiger partial charge in [-0.25, -0.2) is 9.37 Å². The predicted molar refractivity (Wildman–Crippen MR) is 94.5 cm³/mol. The van der Waals surface area contributed by atoms with Crippen LogP contribution in [-0.4, -0.2) is 35.4 Å². The van der Waals surface area contributed by atoms with Crippen molar-refractivity contribution in [2.75, 3.05) is 23.3 Å². The molecule has 0 unspecified atom stereocenters. The summed E-state index contributed by atoms with van der Waals surface area (Å²) in [6.07, 6.45) is 1.82. The van der Waals surface area contributed by atoms with Gasteiger partial charge in [0.1, 0.15) is 5.01 Å². The molecule has 6 nitrogen and oxygen atoms in total. The largest absolute Gasteiger partial charge is 0.372 e. The zero-order valence-electron chi connectivity index (χ0n) is 14.0. The van der Waals surface area contributed by atoms with E-state index in [-0.39, 0.29) is 17.8 Å². The van der Waals surface area contributed by atoms with E-state index >= 15 is 0 Å². The molecule has 0 amide bonds. The quantitative estimate of drug-likeness (QED) is 0.768. The highest BCUT2D eigenvalue weighted by molar-refractivity contribution is 7.09. The smallest absolute Gasteiger partial charge is 0.206 e. The van der Waals surface area contributed by atoms with Crippen LogP contribution in [0.25, 0.3) is 11.0 Å². The minimum absolute atomic E-state index is 0.0393. The Morgan fingerprint density at radius 2 is 2.20 bits per heavy atom. The Bertz CT molecular complexity index is 857. The first-order chi connectivity index (χ1) is 12.1. The Morgan fingerprint density at radius 3 is 2.92 bits per heavy atom. The third-order valence-electron chi connectivity index (χ3n) is 4.11. The molecule has 1 aliphatic heterocycles. The average Bonchev–Trinajstić information content (AvgIpc) is 3.22. The number of morpholine rings is 1. The topological polar surface area (TPSA) is 63.4 Å². The van der Waals surface area contributed by atoms with Crippen molar-refractivity contribution in [3.63, 3.8) is 0 Å². The van der Waals surface area contributed by atoms with E-state index in [2.05, 4.69) is 21.5 Å². The molecule has 0 spiro atoms. The SMILES string of the molecule is C[C@@H]1CN(c2[c]cc3c(NCc4nccs4)noc3c2F)C[C@H](C)O1. The van der Waals surface area contributed by atoms with E-state index in [1.807, 2.05) is 24.1 Å². The van der Waals surface area contributed by atoms with Crippen LogP contribution in [-0.2, 0) is 11.3 Å². The Hall–Kier alpha value is -2.19. The first kappa shape index (κ1) is 16.3. The molecule has 0 saturated carbocycles. The molecule has 3 aromatic rings. The van der Waals surface area contributed by atoms with Gasteiger partial charge >= 0.3 is 0 Å². The normalized spacial score (nSPS) is 21.0. The van der Waals surface area contributed by atoms with Crippen molar-refractivity contribution in [3.05, 3.63) is 34.5 Å². The number of aromatic nitrogens is 2. The molecule has 1 N–H and O–H groups in total. The van der Waals surface area contributed by atoms with E-state index < -0.39 is 5.82 Å². The number of thiazole rings is 1. The summed E-state index contributed by atoms with van der Waals surface area (Å²) in [4.78, 5) is 6.14. The van der Waals surface area contributed by atoms with Gasteiger partial charge < -0.3 is 19.5 Å². The maximum absolute atomic E-state index is 14.9. The van der Waals surface area contributed by atoms with Crippen molar-refractivity contribution in [2.45, 2.75) is 32.6 Å². The molecule has 1 aromatic carbocycles. The van der Waals surface area contributed by atoms with Crippen molar-refractivity contribution in [1.29, 1.82) is 0 Å². The molecule has 8 heteroatoms. The predicted octanol–water partition coefficient (Wildman–Crippen LogP) is 3.45. The zero-order chi connectivity index (χ0) is 17.4. The second-order valence-electron chi connectivity index (χ2n) is 6.17. The van der Waals surface area contributed by atoms with Crippen molar-refractivity contribution in [2.24, 2.45) is 0 Å². The summed E-state index contributed by atoms with van der Waals surface area (Å²) in [5.41, 5.74) is 0.541. The first-order valence-corrected chi connectivity index (χ1v) is 9.02. The van der Waals surface area contributed by atoms with Crippen molar-refractivity contribution in [1.82, 2.24) is 10.1 Å². The number of hydrogen-bond acceptors (Lipinski definition) is 7. The summed E-state index contributed by atoms with van der Waals surface area (Å²) in [7, 11) is 0. The molecule has 0 aliphatic carbocycles. The summed E-state index contributed by atoms with van der Waals surface area (Å²) in [5.74, 6) is 0.0595. The standard InChI is InChI=1S/C17H18FN4O2S/c1-10-8-22(9-11(2)23-10)13-4-3-12-16(15(13)18)24-21-17(12)20-7-14-19-5-6-25-14/h3,5-6,10-11H,7-9H2,1-2H3,(H,20,21)/t10-,11+. The molecule has 2 atom stereocenters. The molecule has 0 bridgehead atoms. The molecule has 1 radical (unpaired) electrons. The second-order valence-corrected chi connectivity index (χ2v) is 7.15. The molecule has 1 fully saturated rings. The lowest BCUT2D eigenvalue weighted by Crippen LogP contribution is -2.45. The van der Waals surface area contributed by atoms with Crippen molar-refractivity contribution < 1.29 is 13.7 Å². The lowest BCUT2D eigenvalue weighted by atomic mass is 10.1. The number of nitrogens with one attached hydrogen (secondary N) is 1. The van der Waals surface area contributed by atoms with Crippen molar-refractivity contribution >= 4 is 33.8 Å². The van der Waals surface area contributed by atoms with Crippen LogP contribution in [0.5, 0.6) is 0 Å². The molecule has 4 rings (SSSR count). The van der Waals surface area contributed by atoms with E-state index in [0.717, 1.165) is 5.01 Å². The Morgan fingerprint density at radius 1 is 1.40 bits per heavy atom. The highest BCUT2D eigenvalue weighted by atomic mass is 32.1. The minimum atomic E-state index is -0.436. The molecule has 1 saturated heterocycles. The van der Waals surface area contributed by atoms with Gasteiger partial charge in [0.15, 0.2) is 11.6 Å². The van der Waals surface area contributed by atoms with Crippen LogP contribution in [0.4, 0.5) is 15.9 Å². The van der Waals surface area contributed by atoms with Gasteiger partial charge in [0, 0.05) is 30.7 Å². The number of benzene rings is 1. The third-order valence-corrected chi connectivity index (χ3v) is 4.89.